The molecule has 3 nitrogen and oxygen atoms in total. The first kappa shape index (κ1) is 15.5. The number of benzene rings is 1. The lowest BCUT2D eigenvalue weighted by atomic mass is 9.85. The summed E-state index contributed by atoms with van der Waals surface area (Å²) in [7, 11) is -3.11. The lowest BCUT2D eigenvalue weighted by molar-refractivity contribution is 0.268. The summed E-state index contributed by atoms with van der Waals surface area (Å²) >= 11 is 0. The lowest BCUT2D eigenvalue weighted by Crippen LogP contribution is -2.33. The molecule has 4 heteroatoms. The molecular weight excluding hydrogens is 270 g/mol. The molecule has 20 heavy (non-hydrogen) atoms. The van der Waals surface area contributed by atoms with Crippen molar-refractivity contribution in [2.24, 2.45) is 17.8 Å². The van der Waals surface area contributed by atoms with Crippen LogP contribution in [0.4, 0.5) is 0 Å². The molecule has 0 aromatic heterocycles. The molecule has 1 aromatic carbocycles. The average molecular weight is 295 g/mol. The fourth-order valence-electron chi connectivity index (χ4n) is 3.14. The van der Waals surface area contributed by atoms with Gasteiger partial charge in [-0.3, -0.25) is 0 Å². The Morgan fingerprint density at radius 3 is 2.35 bits per heavy atom. The summed E-state index contributed by atoms with van der Waals surface area (Å²) in [6.45, 7) is 9.78. The van der Waals surface area contributed by atoms with E-state index in [2.05, 4.69) is 33.0 Å². The number of nitrogens with one attached hydrogen (secondary N) is 1. The zero-order valence-corrected chi connectivity index (χ0v) is 13.6. The van der Waals surface area contributed by atoms with Crippen LogP contribution in [0.5, 0.6) is 0 Å². The highest BCUT2D eigenvalue weighted by Gasteiger charge is 2.34. The summed E-state index contributed by atoms with van der Waals surface area (Å²) in [4.78, 5) is 0.503. The molecule has 0 spiro atoms. The van der Waals surface area contributed by atoms with E-state index >= 15 is 0 Å². The van der Waals surface area contributed by atoms with Gasteiger partial charge in [-0.15, -0.1) is 0 Å². The van der Waals surface area contributed by atoms with Gasteiger partial charge in [0.15, 0.2) is 9.84 Å². The average Bonchev–Trinajstić information content (AvgIpc) is 2.61. The maximum atomic E-state index is 12.1. The first-order valence-electron chi connectivity index (χ1n) is 7.38. The van der Waals surface area contributed by atoms with Crippen LogP contribution < -0.4 is 5.32 Å². The molecule has 1 aliphatic rings. The molecule has 1 aliphatic heterocycles. The molecule has 0 saturated heterocycles. The smallest absolute Gasteiger partial charge is 0.180 e. The number of hydrogen-bond acceptors (Lipinski definition) is 3. The predicted octanol–water partition coefficient (Wildman–Crippen LogP) is 3.03. The van der Waals surface area contributed by atoms with Gasteiger partial charge in [0.2, 0.25) is 0 Å². The van der Waals surface area contributed by atoms with Crippen molar-refractivity contribution in [2.75, 3.05) is 12.3 Å². The Morgan fingerprint density at radius 2 is 1.75 bits per heavy atom. The fraction of sp³-hybridized carbons (Fsp3) is 0.625. The SMILES string of the molecule is CC(C)C(CNC1CS(=O)(=O)c2ccccc21)C(C)C. The van der Waals surface area contributed by atoms with Crippen LogP contribution in [0.25, 0.3) is 0 Å². The van der Waals surface area contributed by atoms with Gasteiger partial charge in [0.25, 0.3) is 0 Å². The Labute approximate surface area is 122 Å². The number of fused-ring (bicyclic) bond motifs is 1. The van der Waals surface area contributed by atoms with Gasteiger partial charge in [-0.2, -0.15) is 0 Å². The van der Waals surface area contributed by atoms with E-state index in [1.807, 2.05) is 12.1 Å². The Morgan fingerprint density at radius 1 is 1.15 bits per heavy atom. The van der Waals surface area contributed by atoms with Crippen LogP contribution in [0, 0.1) is 17.8 Å². The van der Waals surface area contributed by atoms with E-state index in [-0.39, 0.29) is 11.8 Å². The van der Waals surface area contributed by atoms with Crippen molar-refractivity contribution in [3.8, 4) is 0 Å². The number of hydrogen-bond donors (Lipinski definition) is 1. The second-order valence-corrected chi connectivity index (χ2v) is 8.43. The van der Waals surface area contributed by atoms with Crippen molar-refractivity contribution in [1.29, 1.82) is 0 Å². The van der Waals surface area contributed by atoms with Crippen LogP contribution in [-0.4, -0.2) is 20.7 Å². The summed E-state index contributed by atoms with van der Waals surface area (Å²) in [5, 5.41) is 3.48. The van der Waals surface area contributed by atoms with E-state index in [4.69, 9.17) is 0 Å². The Balaban J connectivity index is 2.13. The molecule has 0 saturated carbocycles. The summed E-state index contributed by atoms with van der Waals surface area (Å²) < 4.78 is 24.3. The summed E-state index contributed by atoms with van der Waals surface area (Å²) in [6, 6.07) is 7.29. The Bertz CT molecular complexity index is 556. The second-order valence-electron chi connectivity index (χ2n) is 6.43. The standard InChI is InChI=1S/C16H25NO2S/c1-11(2)14(12(3)4)9-17-15-10-20(18,19)16-8-6-5-7-13(15)16/h5-8,11-12,14-15,17H,9-10H2,1-4H3. The minimum absolute atomic E-state index is 0.0591. The second kappa shape index (κ2) is 5.86. The zero-order chi connectivity index (χ0) is 14.9. The highest BCUT2D eigenvalue weighted by atomic mass is 32.2. The van der Waals surface area contributed by atoms with Crippen LogP contribution in [0.2, 0.25) is 0 Å². The molecule has 0 radical (unpaired) electrons. The van der Waals surface area contributed by atoms with Crippen molar-refractivity contribution in [3.63, 3.8) is 0 Å². The van der Waals surface area contributed by atoms with Gasteiger partial charge in [-0.1, -0.05) is 45.9 Å². The third-order valence-electron chi connectivity index (χ3n) is 4.33. The topological polar surface area (TPSA) is 46.2 Å². The number of rotatable bonds is 5. The van der Waals surface area contributed by atoms with Gasteiger partial charge >= 0.3 is 0 Å². The van der Waals surface area contributed by atoms with E-state index in [1.54, 1.807) is 12.1 Å². The maximum absolute atomic E-state index is 12.1. The van der Waals surface area contributed by atoms with Crippen LogP contribution in [-0.2, 0) is 9.84 Å². The van der Waals surface area contributed by atoms with Crippen molar-refractivity contribution in [3.05, 3.63) is 29.8 Å². The quantitative estimate of drug-likeness (QED) is 0.908. The van der Waals surface area contributed by atoms with Crippen LogP contribution in [0.3, 0.4) is 0 Å². The summed E-state index contributed by atoms with van der Waals surface area (Å²) in [5.74, 6) is 1.94. The lowest BCUT2D eigenvalue weighted by Gasteiger charge is -2.27. The first-order valence-corrected chi connectivity index (χ1v) is 9.03. The highest BCUT2D eigenvalue weighted by molar-refractivity contribution is 7.91. The van der Waals surface area contributed by atoms with E-state index in [9.17, 15) is 8.42 Å². The molecule has 1 atom stereocenters. The van der Waals surface area contributed by atoms with Crippen LogP contribution in [0.15, 0.2) is 29.2 Å². The molecule has 1 unspecified atom stereocenters. The minimum atomic E-state index is -3.11. The minimum Gasteiger partial charge on any atom is -0.309 e. The van der Waals surface area contributed by atoms with Gasteiger partial charge in [0.1, 0.15) is 0 Å². The zero-order valence-electron chi connectivity index (χ0n) is 12.8. The molecule has 2 rings (SSSR count). The van der Waals surface area contributed by atoms with E-state index in [0.29, 0.717) is 22.6 Å². The molecule has 1 aromatic rings. The third kappa shape index (κ3) is 3.07. The van der Waals surface area contributed by atoms with Crippen molar-refractivity contribution < 1.29 is 8.42 Å². The maximum Gasteiger partial charge on any atom is 0.180 e. The van der Waals surface area contributed by atoms with Gasteiger partial charge in [0.05, 0.1) is 10.6 Å². The molecule has 1 heterocycles. The third-order valence-corrected chi connectivity index (χ3v) is 6.14. The Hall–Kier alpha value is -0.870. The van der Waals surface area contributed by atoms with E-state index in [0.717, 1.165) is 12.1 Å². The summed E-state index contributed by atoms with van der Waals surface area (Å²) in [6.07, 6.45) is 0. The van der Waals surface area contributed by atoms with Crippen LogP contribution >= 0.6 is 0 Å². The summed E-state index contributed by atoms with van der Waals surface area (Å²) in [5.41, 5.74) is 0.929. The van der Waals surface area contributed by atoms with Gasteiger partial charge in [-0.05, 0) is 35.9 Å². The van der Waals surface area contributed by atoms with Crippen molar-refractivity contribution in [1.82, 2.24) is 5.32 Å². The number of sulfone groups is 1. The van der Waals surface area contributed by atoms with Gasteiger partial charge in [-0.25, -0.2) is 8.42 Å². The molecule has 0 amide bonds. The van der Waals surface area contributed by atoms with Gasteiger partial charge in [0, 0.05) is 6.04 Å². The molecular formula is C16H25NO2S. The van der Waals surface area contributed by atoms with Crippen molar-refractivity contribution in [2.45, 2.75) is 38.6 Å². The normalized spacial score (nSPS) is 20.9. The fourth-order valence-corrected chi connectivity index (χ4v) is 4.91. The monoisotopic (exact) mass is 295 g/mol. The highest BCUT2D eigenvalue weighted by Crippen LogP contribution is 2.33. The van der Waals surface area contributed by atoms with Crippen molar-refractivity contribution >= 4 is 9.84 Å². The van der Waals surface area contributed by atoms with Gasteiger partial charge < -0.3 is 5.32 Å². The first-order chi connectivity index (χ1) is 9.33. The molecule has 112 valence electrons. The molecule has 0 fully saturated rings. The molecule has 1 N–H and O–H groups in total. The molecule has 0 bridgehead atoms. The largest absolute Gasteiger partial charge is 0.309 e. The Kier molecular flexibility index (Phi) is 4.55. The molecule has 0 aliphatic carbocycles. The predicted molar refractivity (Wildman–Crippen MR) is 82.4 cm³/mol. The van der Waals surface area contributed by atoms with Crippen LogP contribution in [0.1, 0.15) is 39.3 Å². The van der Waals surface area contributed by atoms with E-state index < -0.39 is 9.84 Å². The van der Waals surface area contributed by atoms with E-state index in [1.165, 1.54) is 0 Å².